The number of rotatable bonds is 15. The number of fused-ring (bicyclic) bond motifs is 2. The lowest BCUT2D eigenvalue weighted by Gasteiger charge is -2.23. The Balaban J connectivity index is 0.000000202. The minimum atomic E-state index is -4.14. The van der Waals surface area contributed by atoms with Crippen molar-refractivity contribution in [1.82, 2.24) is 29.4 Å². The highest BCUT2D eigenvalue weighted by molar-refractivity contribution is 8.09. The molecule has 0 saturated carbocycles. The van der Waals surface area contributed by atoms with E-state index in [2.05, 4.69) is 30.6 Å². The van der Waals surface area contributed by atoms with E-state index in [0.717, 1.165) is 45.0 Å². The van der Waals surface area contributed by atoms with Crippen molar-refractivity contribution in [2.45, 2.75) is 40.2 Å². The van der Waals surface area contributed by atoms with Gasteiger partial charge in [0.1, 0.15) is 25.9 Å². The van der Waals surface area contributed by atoms with Gasteiger partial charge in [0.05, 0.1) is 51.7 Å². The van der Waals surface area contributed by atoms with Crippen LogP contribution in [-0.2, 0) is 46.3 Å². The molecule has 66 heavy (non-hydrogen) atoms. The largest absolute Gasteiger partial charge is 0.404 e. The molecule has 0 spiro atoms. The fourth-order valence-corrected chi connectivity index (χ4v) is 10.1. The summed E-state index contributed by atoms with van der Waals surface area (Å²) in [5.41, 5.74) is 12.1. The van der Waals surface area contributed by atoms with Crippen molar-refractivity contribution in [2.24, 2.45) is 0 Å². The summed E-state index contributed by atoms with van der Waals surface area (Å²) < 4.78 is 52.0. The maximum atomic E-state index is 13.0. The van der Waals surface area contributed by atoms with Crippen molar-refractivity contribution < 1.29 is 26.5 Å². The van der Waals surface area contributed by atoms with Gasteiger partial charge in [-0.15, -0.1) is 9.46 Å². The summed E-state index contributed by atoms with van der Waals surface area (Å²) in [4.78, 5) is 54.4. The molecule has 0 aliphatic rings. The fraction of sp³-hybridized carbons (Fsp3) is 0.174. The van der Waals surface area contributed by atoms with Gasteiger partial charge in [-0.1, -0.05) is 97.1 Å². The van der Waals surface area contributed by atoms with E-state index in [1.165, 1.54) is 35.6 Å². The van der Waals surface area contributed by atoms with Crippen LogP contribution in [-0.4, -0.2) is 58.7 Å². The summed E-state index contributed by atoms with van der Waals surface area (Å²) >= 11 is 0. The number of pyridine rings is 2. The van der Waals surface area contributed by atoms with Gasteiger partial charge in [-0.05, 0) is 48.2 Å². The van der Waals surface area contributed by atoms with Gasteiger partial charge in [0.15, 0.2) is 11.3 Å². The van der Waals surface area contributed by atoms with Crippen molar-refractivity contribution in [3.8, 4) is 0 Å². The number of nitrogens with two attached hydrogens (primary N) is 1. The number of anilines is 4. The molecule has 0 bridgehead atoms. The Kier molecular flexibility index (Phi) is 13.9. The molecule has 0 fully saturated rings. The Morgan fingerprint density at radius 2 is 0.985 bits per heavy atom. The molecule has 0 radical (unpaired) electrons. The molecule has 340 valence electrons. The SMILES string of the molecule is Cc1ncnc2c1c(NCc1ccccc1N(S(C)(=O)=O)S(C)(=O)=O)cc(=O)n2OCc1ccccc1.Cc1ncnc2c1c(NCc1ccccc1N)cc(=O)n2OCc1ccccc1. The molecule has 0 aliphatic carbocycles. The number of nitrogens with one attached hydrogen (secondary N) is 2. The van der Waals surface area contributed by atoms with Crippen LogP contribution in [0.25, 0.3) is 22.1 Å². The first-order valence-electron chi connectivity index (χ1n) is 20.3. The van der Waals surface area contributed by atoms with Crippen LogP contribution >= 0.6 is 0 Å². The van der Waals surface area contributed by atoms with Gasteiger partial charge in [-0.3, -0.25) is 9.59 Å². The van der Waals surface area contributed by atoms with Crippen LogP contribution < -0.4 is 40.9 Å². The molecule has 4 aromatic heterocycles. The summed E-state index contributed by atoms with van der Waals surface area (Å²) in [5.74, 6) is 0. The topological polar surface area (TPSA) is 236 Å². The second kappa shape index (κ2) is 19.9. The van der Waals surface area contributed by atoms with Crippen LogP contribution in [0.2, 0.25) is 0 Å². The predicted octanol–water partition coefficient (Wildman–Crippen LogP) is 4.99. The third-order valence-electron chi connectivity index (χ3n) is 10.1. The van der Waals surface area contributed by atoms with E-state index in [-0.39, 0.29) is 36.7 Å². The van der Waals surface area contributed by atoms with E-state index in [1.54, 1.807) is 25.1 Å². The van der Waals surface area contributed by atoms with Crippen molar-refractivity contribution >= 4 is 64.9 Å². The van der Waals surface area contributed by atoms with Gasteiger partial charge in [-0.25, -0.2) is 36.8 Å². The van der Waals surface area contributed by atoms with Gasteiger partial charge in [0.25, 0.3) is 11.1 Å². The second-order valence-electron chi connectivity index (χ2n) is 15.0. The Morgan fingerprint density at radius 1 is 0.576 bits per heavy atom. The minimum absolute atomic E-state index is 0.00940. The fourth-order valence-electron chi connectivity index (χ4n) is 7.05. The lowest BCUT2D eigenvalue weighted by atomic mass is 10.1. The predicted molar refractivity (Wildman–Crippen MR) is 255 cm³/mol. The van der Waals surface area contributed by atoms with Crippen LogP contribution in [0.1, 0.15) is 33.6 Å². The molecule has 0 amide bonds. The highest BCUT2D eigenvalue weighted by atomic mass is 32.3. The summed E-state index contributed by atoms with van der Waals surface area (Å²) in [5, 5.41) is 7.67. The van der Waals surface area contributed by atoms with Crippen LogP contribution in [0, 0.1) is 13.8 Å². The zero-order valence-electron chi connectivity index (χ0n) is 36.3. The number of hydrogen-bond acceptors (Lipinski definition) is 15. The van der Waals surface area contributed by atoms with Crippen LogP contribution in [0.4, 0.5) is 22.7 Å². The number of aromatic nitrogens is 6. The zero-order valence-corrected chi connectivity index (χ0v) is 38.0. The Bertz CT molecular complexity index is 3340. The van der Waals surface area contributed by atoms with E-state index in [1.807, 2.05) is 91.9 Å². The molecule has 0 unspecified atom stereocenters. The van der Waals surface area contributed by atoms with Crippen molar-refractivity contribution in [1.29, 1.82) is 0 Å². The van der Waals surface area contributed by atoms with Gasteiger partial charge >= 0.3 is 0 Å². The molecule has 0 saturated heterocycles. The summed E-state index contributed by atoms with van der Waals surface area (Å²) in [6.07, 6.45) is 4.40. The quantitative estimate of drug-likeness (QED) is 0.115. The highest BCUT2D eigenvalue weighted by Gasteiger charge is 2.29. The van der Waals surface area contributed by atoms with Crippen molar-refractivity contribution in [2.75, 3.05) is 32.6 Å². The van der Waals surface area contributed by atoms with Crippen LogP contribution in [0.15, 0.2) is 144 Å². The molecular formula is C46H46N10O8S2. The van der Waals surface area contributed by atoms with E-state index in [0.29, 0.717) is 49.6 Å². The number of hydrogen-bond donors (Lipinski definition) is 3. The number of para-hydroxylation sites is 2. The average Bonchev–Trinajstić information content (AvgIpc) is 3.28. The maximum Gasteiger partial charge on any atom is 0.287 e. The lowest BCUT2D eigenvalue weighted by molar-refractivity contribution is 0.0979. The van der Waals surface area contributed by atoms with E-state index >= 15 is 0 Å². The van der Waals surface area contributed by atoms with Gasteiger partial charge in [0.2, 0.25) is 20.0 Å². The first-order valence-corrected chi connectivity index (χ1v) is 24.0. The van der Waals surface area contributed by atoms with Crippen molar-refractivity contribution in [3.05, 3.63) is 188 Å². The molecule has 8 rings (SSSR count). The number of nitrogen functional groups attached to an aromatic ring is 1. The number of benzene rings is 4. The zero-order chi connectivity index (χ0) is 47.0. The summed E-state index contributed by atoms with van der Waals surface area (Å²) in [6, 6.07) is 35.7. The number of sulfonamides is 2. The molecule has 0 atom stereocenters. The molecular weight excluding hydrogens is 885 g/mol. The Labute approximate surface area is 380 Å². The van der Waals surface area contributed by atoms with Gasteiger partial charge in [0, 0.05) is 30.9 Å². The molecule has 18 nitrogen and oxygen atoms in total. The molecule has 4 heterocycles. The third-order valence-corrected chi connectivity index (χ3v) is 13.3. The number of nitrogens with zero attached hydrogens (tertiary/aromatic N) is 7. The average molecular weight is 931 g/mol. The minimum Gasteiger partial charge on any atom is -0.404 e. The normalized spacial score (nSPS) is 11.4. The molecule has 4 aromatic carbocycles. The van der Waals surface area contributed by atoms with Crippen LogP contribution in [0.5, 0.6) is 0 Å². The van der Waals surface area contributed by atoms with Gasteiger partial charge in [-0.2, -0.15) is 3.71 Å². The second-order valence-corrected chi connectivity index (χ2v) is 18.9. The van der Waals surface area contributed by atoms with Crippen molar-refractivity contribution in [3.63, 3.8) is 0 Å². The molecule has 20 heteroatoms. The first-order chi connectivity index (χ1) is 31.6. The first kappa shape index (κ1) is 46.2. The Hall–Kier alpha value is -7.84. The third kappa shape index (κ3) is 10.7. The smallest absolute Gasteiger partial charge is 0.287 e. The molecule has 0 aliphatic heterocycles. The lowest BCUT2D eigenvalue weighted by Crippen LogP contribution is -2.36. The number of aryl methyl sites for hydroxylation is 2. The standard InChI is InChI=1S/C24H25N5O6S2.C22H21N5O2/c1-17-23-20(25-14-19-11-7-8-12-21(19)29(36(2,31)32)37(3,33)34)13-22(30)28(24(23)27-16-26-17)35-15-18-9-5-4-6-10-18;1-15-21-19(24-12-17-9-5-6-10-18(17)23)11-20(28)27(22(21)26-14-25-15)29-13-16-7-3-2-4-8-16/h4-13,16,25H,14-15H2,1-3H3;2-11,14,24H,12-13,23H2,1H3. The van der Waals surface area contributed by atoms with E-state index < -0.39 is 25.6 Å². The van der Waals surface area contributed by atoms with E-state index in [9.17, 15) is 26.4 Å². The maximum absolute atomic E-state index is 13.0. The molecule has 8 aromatic rings. The monoisotopic (exact) mass is 930 g/mol. The summed E-state index contributed by atoms with van der Waals surface area (Å²) in [6.45, 7) is 4.51. The van der Waals surface area contributed by atoms with Crippen LogP contribution in [0.3, 0.4) is 0 Å². The molecule has 4 N–H and O–H groups in total. The van der Waals surface area contributed by atoms with E-state index in [4.69, 9.17) is 15.4 Å². The van der Waals surface area contributed by atoms with Gasteiger partial charge < -0.3 is 26.0 Å². The summed E-state index contributed by atoms with van der Waals surface area (Å²) in [7, 11) is -8.27. The Morgan fingerprint density at radius 3 is 1.44 bits per heavy atom. The highest BCUT2D eigenvalue weighted by Crippen LogP contribution is 2.29.